The van der Waals surface area contributed by atoms with Crippen molar-refractivity contribution < 1.29 is 19.5 Å². The van der Waals surface area contributed by atoms with Gasteiger partial charge in [-0.05, 0) is 47.5 Å². The molecule has 0 saturated heterocycles. The van der Waals surface area contributed by atoms with Crippen LogP contribution in [0.1, 0.15) is 24.0 Å². The fraction of sp³-hybridized carbons (Fsp3) is 0.312. The van der Waals surface area contributed by atoms with E-state index in [-0.39, 0.29) is 23.5 Å². The van der Waals surface area contributed by atoms with Crippen LogP contribution in [0.25, 0.3) is 22.6 Å². The van der Waals surface area contributed by atoms with Crippen molar-refractivity contribution in [2.24, 2.45) is 7.05 Å². The molecule has 0 unspecified atom stereocenters. The number of hydrogen-bond donors (Lipinski definition) is 1. The van der Waals surface area contributed by atoms with Crippen molar-refractivity contribution >= 4 is 23.0 Å². The molecule has 1 aromatic carbocycles. The molecule has 140 valence electrons. The van der Waals surface area contributed by atoms with Gasteiger partial charge in [-0.1, -0.05) is 0 Å². The van der Waals surface area contributed by atoms with E-state index >= 15 is 0 Å². The molecule has 0 atom stereocenters. The van der Waals surface area contributed by atoms with Gasteiger partial charge in [-0.25, -0.2) is 14.5 Å². The molecule has 2 aromatic heterocycles. The molecule has 27 heavy (non-hydrogen) atoms. The highest BCUT2D eigenvalue weighted by Crippen LogP contribution is 2.19. The number of carbonyl (C=O) groups is 2. The number of carboxylic acid groups (broad SMARTS) is 1. The number of aliphatic carboxylic acids is 1. The largest absolute Gasteiger partial charge is 0.481 e. The Balaban J connectivity index is 2.19. The molecule has 11 heteroatoms. The zero-order chi connectivity index (χ0) is 19.7. The second-order valence-corrected chi connectivity index (χ2v) is 5.97. The lowest BCUT2D eigenvalue weighted by molar-refractivity contribution is -0.148. The Bertz CT molecular complexity index is 1120. The number of carbonyl (C=O) groups excluding carboxylic acids is 1. The van der Waals surface area contributed by atoms with Crippen molar-refractivity contribution in [2.45, 2.75) is 26.7 Å². The van der Waals surface area contributed by atoms with Crippen LogP contribution in [-0.2, 0) is 16.6 Å². The maximum Gasteiger partial charge on any atom is 0.333 e. The molecule has 0 aliphatic rings. The van der Waals surface area contributed by atoms with E-state index in [0.29, 0.717) is 5.52 Å². The second-order valence-electron chi connectivity index (χ2n) is 5.97. The Kier molecular flexibility index (Phi) is 4.67. The van der Waals surface area contributed by atoms with Gasteiger partial charge >= 0.3 is 17.5 Å². The van der Waals surface area contributed by atoms with E-state index in [9.17, 15) is 14.4 Å². The van der Waals surface area contributed by atoms with E-state index in [0.717, 1.165) is 15.9 Å². The van der Waals surface area contributed by atoms with Gasteiger partial charge in [-0.15, -0.1) is 9.83 Å². The minimum absolute atomic E-state index is 0.0933. The van der Waals surface area contributed by atoms with E-state index < -0.39 is 23.9 Å². The first-order chi connectivity index (χ1) is 12.8. The Labute approximate surface area is 152 Å². The molecular formula is C16H16N6O5. The standard InChI is InChI=1S/C16H16N6O5/c1-8-6-10-11(7-9(8)2)22(27-13(25)5-4-12(23)24)16(26)14(17-10)15-18-19-20-21(15)3/h6-7H,4-5H2,1-3H3,(H,23,24). The van der Waals surface area contributed by atoms with Gasteiger partial charge in [-0.2, -0.15) is 0 Å². The molecule has 0 saturated carbocycles. The van der Waals surface area contributed by atoms with Crippen LogP contribution in [0.4, 0.5) is 0 Å². The molecule has 3 rings (SSSR count). The number of aryl methyl sites for hydroxylation is 3. The fourth-order valence-electron chi connectivity index (χ4n) is 2.43. The van der Waals surface area contributed by atoms with Crippen molar-refractivity contribution in [2.75, 3.05) is 0 Å². The number of carboxylic acids is 1. The number of benzene rings is 1. The molecular weight excluding hydrogens is 356 g/mol. The Morgan fingerprint density at radius 2 is 1.89 bits per heavy atom. The number of fused-ring (bicyclic) bond motifs is 1. The lowest BCUT2D eigenvalue weighted by Gasteiger charge is -2.12. The molecule has 0 aliphatic carbocycles. The zero-order valence-corrected chi connectivity index (χ0v) is 14.8. The van der Waals surface area contributed by atoms with E-state index in [1.165, 1.54) is 4.68 Å². The third kappa shape index (κ3) is 3.52. The van der Waals surface area contributed by atoms with Crippen LogP contribution < -0.4 is 10.4 Å². The molecule has 3 aromatic rings. The summed E-state index contributed by atoms with van der Waals surface area (Å²) >= 11 is 0. The molecule has 0 amide bonds. The van der Waals surface area contributed by atoms with Gasteiger partial charge in [0.25, 0.3) is 0 Å². The van der Waals surface area contributed by atoms with Crippen molar-refractivity contribution in [1.29, 1.82) is 0 Å². The number of aromatic nitrogens is 6. The lowest BCUT2D eigenvalue weighted by atomic mass is 10.1. The van der Waals surface area contributed by atoms with Crippen LogP contribution in [0.15, 0.2) is 16.9 Å². The summed E-state index contributed by atoms with van der Waals surface area (Å²) in [6, 6.07) is 3.42. The average molecular weight is 372 g/mol. The van der Waals surface area contributed by atoms with Crippen LogP contribution >= 0.6 is 0 Å². The van der Waals surface area contributed by atoms with E-state index in [1.807, 2.05) is 13.8 Å². The van der Waals surface area contributed by atoms with Crippen molar-refractivity contribution in [1.82, 2.24) is 29.9 Å². The fourth-order valence-corrected chi connectivity index (χ4v) is 2.43. The predicted octanol–water partition coefficient (Wildman–Crippen LogP) is 0.0238. The molecule has 0 spiro atoms. The van der Waals surface area contributed by atoms with Crippen LogP contribution in [0.2, 0.25) is 0 Å². The summed E-state index contributed by atoms with van der Waals surface area (Å²) in [7, 11) is 1.55. The molecule has 0 radical (unpaired) electrons. The smallest absolute Gasteiger partial charge is 0.333 e. The number of tetrazole rings is 1. The van der Waals surface area contributed by atoms with Gasteiger partial charge in [-0.3, -0.25) is 9.59 Å². The van der Waals surface area contributed by atoms with Crippen molar-refractivity contribution in [3.63, 3.8) is 0 Å². The normalized spacial score (nSPS) is 10.9. The van der Waals surface area contributed by atoms with E-state index in [4.69, 9.17) is 9.94 Å². The monoisotopic (exact) mass is 372 g/mol. The Morgan fingerprint density at radius 1 is 1.19 bits per heavy atom. The van der Waals surface area contributed by atoms with Crippen LogP contribution in [0, 0.1) is 13.8 Å². The van der Waals surface area contributed by atoms with Crippen molar-refractivity contribution in [3.05, 3.63) is 33.6 Å². The van der Waals surface area contributed by atoms with Gasteiger partial charge in [0.1, 0.15) is 5.52 Å². The Morgan fingerprint density at radius 3 is 2.52 bits per heavy atom. The van der Waals surface area contributed by atoms with Gasteiger partial charge in [0, 0.05) is 7.05 Å². The predicted molar refractivity (Wildman–Crippen MR) is 91.7 cm³/mol. The zero-order valence-electron chi connectivity index (χ0n) is 14.8. The number of hydrogen-bond acceptors (Lipinski definition) is 8. The van der Waals surface area contributed by atoms with Gasteiger partial charge in [0.05, 0.1) is 18.4 Å². The van der Waals surface area contributed by atoms with Crippen molar-refractivity contribution in [3.8, 4) is 11.5 Å². The number of rotatable bonds is 5. The first-order valence-corrected chi connectivity index (χ1v) is 7.97. The lowest BCUT2D eigenvalue weighted by Crippen LogP contribution is -2.33. The summed E-state index contributed by atoms with van der Waals surface area (Å²) in [4.78, 5) is 45.1. The summed E-state index contributed by atoms with van der Waals surface area (Å²) in [6.45, 7) is 3.73. The maximum atomic E-state index is 12.9. The summed E-state index contributed by atoms with van der Waals surface area (Å²) in [5.41, 5.74) is 1.66. The summed E-state index contributed by atoms with van der Waals surface area (Å²) < 4.78 is 2.08. The van der Waals surface area contributed by atoms with E-state index in [1.54, 1.807) is 19.2 Å². The van der Waals surface area contributed by atoms with Gasteiger partial charge in [0.15, 0.2) is 5.69 Å². The molecule has 0 aliphatic heterocycles. The van der Waals surface area contributed by atoms with Gasteiger partial charge < -0.3 is 9.94 Å². The minimum atomic E-state index is -1.14. The van der Waals surface area contributed by atoms with Gasteiger partial charge in [0.2, 0.25) is 5.82 Å². The second kappa shape index (κ2) is 6.94. The summed E-state index contributed by atoms with van der Waals surface area (Å²) in [6.07, 6.45) is -0.786. The molecule has 2 heterocycles. The highest BCUT2D eigenvalue weighted by Gasteiger charge is 2.20. The summed E-state index contributed by atoms with van der Waals surface area (Å²) in [5, 5.41) is 19.7. The highest BCUT2D eigenvalue weighted by molar-refractivity contribution is 5.80. The third-order valence-corrected chi connectivity index (χ3v) is 4.00. The minimum Gasteiger partial charge on any atom is -0.481 e. The highest BCUT2D eigenvalue weighted by atomic mass is 16.7. The third-order valence-electron chi connectivity index (χ3n) is 4.00. The molecule has 1 N–H and O–H groups in total. The molecule has 0 fully saturated rings. The first-order valence-electron chi connectivity index (χ1n) is 7.97. The van der Waals surface area contributed by atoms with Crippen LogP contribution in [0.5, 0.6) is 0 Å². The number of nitrogens with zero attached hydrogens (tertiary/aromatic N) is 6. The van der Waals surface area contributed by atoms with Crippen LogP contribution in [0.3, 0.4) is 0 Å². The maximum absolute atomic E-state index is 12.9. The average Bonchev–Trinajstić information content (AvgIpc) is 3.03. The van der Waals surface area contributed by atoms with E-state index in [2.05, 4.69) is 20.5 Å². The first kappa shape index (κ1) is 18.2. The van der Waals surface area contributed by atoms with Crippen LogP contribution in [-0.4, -0.2) is 47.0 Å². The molecule has 11 nitrogen and oxygen atoms in total. The quantitative estimate of drug-likeness (QED) is 0.656. The topological polar surface area (TPSA) is 142 Å². The summed E-state index contributed by atoms with van der Waals surface area (Å²) in [5.74, 6) is -1.89. The Hall–Kier alpha value is -3.63. The SMILES string of the molecule is Cc1cc2nc(-c3nnnn3C)c(=O)n(OC(=O)CCC(=O)O)c2cc1C. The molecule has 0 bridgehead atoms.